The fourth-order valence-corrected chi connectivity index (χ4v) is 2.37. The Morgan fingerprint density at radius 2 is 2.32 bits per heavy atom. The number of hydrogen-bond donors (Lipinski definition) is 1. The van der Waals surface area contributed by atoms with Gasteiger partial charge in [-0.15, -0.1) is 0 Å². The zero-order valence-electron chi connectivity index (χ0n) is 11.2. The molecule has 19 heavy (non-hydrogen) atoms. The zero-order valence-corrected chi connectivity index (χ0v) is 11.2. The molecule has 2 rings (SSSR count). The average molecular weight is 265 g/mol. The minimum Gasteiger partial charge on any atom is -0.376 e. The third kappa shape index (κ3) is 4.03. The topological polar surface area (TPSA) is 38.3 Å². The molecular formula is C15H20FNO2. The van der Waals surface area contributed by atoms with E-state index in [9.17, 15) is 9.18 Å². The number of amides is 1. The summed E-state index contributed by atoms with van der Waals surface area (Å²) in [5.41, 5.74) is 0.586. The van der Waals surface area contributed by atoms with Crippen molar-refractivity contribution >= 4 is 5.91 Å². The molecule has 1 aromatic rings. The summed E-state index contributed by atoms with van der Waals surface area (Å²) in [5.74, 6) is -0.297. The Hall–Kier alpha value is -1.42. The minimum atomic E-state index is -0.248. The van der Waals surface area contributed by atoms with Crippen LogP contribution in [0.15, 0.2) is 24.3 Å². The Morgan fingerprint density at radius 3 is 3.00 bits per heavy atom. The van der Waals surface area contributed by atoms with Gasteiger partial charge in [0.05, 0.1) is 12.1 Å². The van der Waals surface area contributed by atoms with E-state index < -0.39 is 0 Å². The number of carbonyl (C=O) groups excluding carboxylic acids is 1. The molecule has 1 fully saturated rings. The Kier molecular flexibility index (Phi) is 4.91. The highest BCUT2D eigenvalue weighted by Crippen LogP contribution is 2.15. The lowest BCUT2D eigenvalue weighted by molar-refractivity contribution is -0.122. The predicted octanol–water partition coefficient (Wildman–Crippen LogP) is 2.44. The highest BCUT2D eigenvalue weighted by Gasteiger charge is 2.23. The van der Waals surface area contributed by atoms with Gasteiger partial charge in [0, 0.05) is 13.0 Å². The quantitative estimate of drug-likeness (QED) is 0.888. The molecule has 0 spiro atoms. The number of halogens is 1. The van der Waals surface area contributed by atoms with Crippen LogP contribution < -0.4 is 5.32 Å². The maximum absolute atomic E-state index is 13.4. The summed E-state index contributed by atoms with van der Waals surface area (Å²) in [7, 11) is 0. The SMILES string of the molecule is C[C@H](NC(=O)CCc1ccccc1F)[C@@H]1CCCO1. The standard InChI is InChI=1S/C15H20FNO2/c1-11(14-7-4-10-19-14)17-15(18)9-8-12-5-2-3-6-13(12)16/h2-3,5-6,11,14H,4,7-10H2,1H3,(H,17,18)/t11-,14-/m0/s1. The number of nitrogens with one attached hydrogen (secondary N) is 1. The van der Waals surface area contributed by atoms with E-state index in [1.165, 1.54) is 6.07 Å². The van der Waals surface area contributed by atoms with Crippen molar-refractivity contribution in [3.05, 3.63) is 35.6 Å². The number of carbonyl (C=O) groups is 1. The van der Waals surface area contributed by atoms with Gasteiger partial charge in [-0.1, -0.05) is 18.2 Å². The number of aryl methyl sites for hydroxylation is 1. The second-order valence-electron chi connectivity index (χ2n) is 5.00. The van der Waals surface area contributed by atoms with Gasteiger partial charge in [0.25, 0.3) is 0 Å². The van der Waals surface area contributed by atoms with E-state index in [-0.39, 0.29) is 23.9 Å². The van der Waals surface area contributed by atoms with Gasteiger partial charge in [-0.25, -0.2) is 4.39 Å². The molecule has 3 nitrogen and oxygen atoms in total. The van der Waals surface area contributed by atoms with Gasteiger partial charge < -0.3 is 10.1 Å². The summed E-state index contributed by atoms with van der Waals surface area (Å²) in [6.45, 7) is 2.73. The van der Waals surface area contributed by atoms with Crippen molar-refractivity contribution in [3.63, 3.8) is 0 Å². The summed E-state index contributed by atoms with van der Waals surface area (Å²) < 4.78 is 18.9. The second kappa shape index (κ2) is 6.66. The zero-order chi connectivity index (χ0) is 13.7. The molecule has 1 heterocycles. The van der Waals surface area contributed by atoms with Gasteiger partial charge in [-0.05, 0) is 37.8 Å². The molecule has 0 bridgehead atoms. The third-order valence-electron chi connectivity index (χ3n) is 3.49. The first-order valence-electron chi connectivity index (χ1n) is 6.81. The van der Waals surface area contributed by atoms with Gasteiger partial charge in [0.15, 0.2) is 0 Å². The largest absolute Gasteiger partial charge is 0.376 e. The number of hydrogen-bond acceptors (Lipinski definition) is 2. The number of ether oxygens (including phenoxy) is 1. The van der Waals surface area contributed by atoms with Crippen molar-refractivity contribution in [1.29, 1.82) is 0 Å². The third-order valence-corrected chi connectivity index (χ3v) is 3.49. The maximum Gasteiger partial charge on any atom is 0.220 e. The molecule has 0 unspecified atom stereocenters. The first-order chi connectivity index (χ1) is 9.16. The van der Waals surface area contributed by atoms with E-state index in [1.54, 1.807) is 18.2 Å². The summed E-state index contributed by atoms with van der Waals surface area (Å²) >= 11 is 0. The second-order valence-corrected chi connectivity index (χ2v) is 5.00. The van der Waals surface area contributed by atoms with Crippen LogP contribution in [0.4, 0.5) is 4.39 Å². The van der Waals surface area contributed by atoms with Crippen LogP contribution in [0, 0.1) is 5.82 Å². The smallest absolute Gasteiger partial charge is 0.220 e. The van der Waals surface area contributed by atoms with Crippen molar-refractivity contribution in [2.24, 2.45) is 0 Å². The molecule has 104 valence electrons. The molecule has 1 saturated heterocycles. The number of rotatable bonds is 5. The summed E-state index contributed by atoms with van der Waals surface area (Å²) in [6.07, 6.45) is 2.90. The Morgan fingerprint density at radius 1 is 1.53 bits per heavy atom. The van der Waals surface area contributed by atoms with Crippen molar-refractivity contribution in [2.75, 3.05) is 6.61 Å². The maximum atomic E-state index is 13.4. The summed E-state index contributed by atoms with van der Waals surface area (Å²) in [4.78, 5) is 11.8. The van der Waals surface area contributed by atoms with Crippen molar-refractivity contribution in [3.8, 4) is 0 Å². The van der Waals surface area contributed by atoms with Gasteiger partial charge in [0.2, 0.25) is 5.91 Å². The van der Waals surface area contributed by atoms with E-state index in [0.29, 0.717) is 18.4 Å². The molecule has 1 aliphatic heterocycles. The van der Waals surface area contributed by atoms with E-state index in [4.69, 9.17) is 4.74 Å². The summed E-state index contributed by atoms with van der Waals surface area (Å²) in [6, 6.07) is 6.59. The molecule has 0 aliphatic carbocycles. The summed E-state index contributed by atoms with van der Waals surface area (Å²) in [5, 5.41) is 2.93. The van der Waals surface area contributed by atoms with Gasteiger partial charge in [-0.3, -0.25) is 4.79 Å². The lowest BCUT2D eigenvalue weighted by Gasteiger charge is -2.19. The van der Waals surface area contributed by atoms with Crippen LogP contribution >= 0.6 is 0 Å². The molecular weight excluding hydrogens is 245 g/mol. The lowest BCUT2D eigenvalue weighted by Crippen LogP contribution is -2.40. The minimum absolute atomic E-state index is 0.0237. The first kappa shape index (κ1) is 14.0. The Labute approximate surface area is 113 Å². The van der Waals surface area contributed by atoms with Crippen LogP contribution in [0.1, 0.15) is 31.7 Å². The lowest BCUT2D eigenvalue weighted by atomic mass is 10.1. The normalized spacial score (nSPS) is 20.2. The van der Waals surface area contributed by atoms with Gasteiger partial charge in [-0.2, -0.15) is 0 Å². The van der Waals surface area contributed by atoms with Crippen molar-refractivity contribution in [2.45, 2.75) is 44.8 Å². The molecule has 4 heteroatoms. The van der Waals surface area contributed by atoms with Crippen molar-refractivity contribution in [1.82, 2.24) is 5.32 Å². The fourth-order valence-electron chi connectivity index (χ4n) is 2.37. The van der Waals surface area contributed by atoms with Crippen LogP contribution in [0.2, 0.25) is 0 Å². The predicted molar refractivity (Wildman–Crippen MR) is 71.3 cm³/mol. The average Bonchev–Trinajstić information content (AvgIpc) is 2.91. The van der Waals surface area contributed by atoms with Gasteiger partial charge in [0.1, 0.15) is 5.82 Å². The monoisotopic (exact) mass is 265 g/mol. The molecule has 1 amide bonds. The van der Waals surface area contributed by atoms with Crippen molar-refractivity contribution < 1.29 is 13.9 Å². The molecule has 2 atom stereocenters. The van der Waals surface area contributed by atoms with Crippen LogP contribution in [0.25, 0.3) is 0 Å². The van der Waals surface area contributed by atoms with Crippen LogP contribution in [-0.2, 0) is 16.0 Å². The molecule has 1 aliphatic rings. The fraction of sp³-hybridized carbons (Fsp3) is 0.533. The van der Waals surface area contributed by atoms with Crippen LogP contribution in [0.5, 0.6) is 0 Å². The first-order valence-corrected chi connectivity index (χ1v) is 6.81. The molecule has 1 N–H and O–H groups in total. The number of benzene rings is 1. The molecule has 1 aromatic carbocycles. The van der Waals surface area contributed by atoms with E-state index in [0.717, 1.165) is 19.4 Å². The van der Waals surface area contributed by atoms with E-state index in [2.05, 4.69) is 5.32 Å². The molecule has 0 aromatic heterocycles. The molecule has 0 saturated carbocycles. The van der Waals surface area contributed by atoms with Gasteiger partial charge >= 0.3 is 0 Å². The highest BCUT2D eigenvalue weighted by molar-refractivity contribution is 5.76. The van der Waals surface area contributed by atoms with Crippen LogP contribution in [0.3, 0.4) is 0 Å². The Bertz CT molecular complexity index is 430. The van der Waals surface area contributed by atoms with Crippen LogP contribution in [-0.4, -0.2) is 24.7 Å². The molecule has 0 radical (unpaired) electrons. The van der Waals surface area contributed by atoms with E-state index >= 15 is 0 Å². The highest BCUT2D eigenvalue weighted by atomic mass is 19.1. The Balaban J connectivity index is 1.77. The van der Waals surface area contributed by atoms with E-state index in [1.807, 2.05) is 6.92 Å².